The van der Waals surface area contributed by atoms with Gasteiger partial charge in [-0.05, 0) is 38.7 Å². The predicted octanol–water partition coefficient (Wildman–Crippen LogP) is 3.00. The van der Waals surface area contributed by atoms with E-state index in [-0.39, 0.29) is 18.9 Å². The SMILES string of the molecule is CC(C)C[C@H](NC(=O)OC(C)(C)C)C(=O)[C@H]1CC(=O)N(OCc2ccccc2)C1=O. The summed E-state index contributed by atoms with van der Waals surface area (Å²) in [6, 6.07) is 8.15. The van der Waals surface area contributed by atoms with Gasteiger partial charge in [-0.3, -0.25) is 19.2 Å². The Bertz CT molecular complexity index is 785. The highest BCUT2D eigenvalue weighted by Crippen LogP contribution is 2.24. The third kappa shape index (κ3) is 6.66. The summed E-state index contributed by atoms with van der Waals surface area (Å²) in [6.07, 6.45) is -0.701. The number of ketones is 1. The maximum atomic E-state index is 13.0. The number of rotatable bonds is 8. The number of nitrogens with one attached hydrogen (secondary N) is 1. The highest BCUT2D eigenvalue weighted by atomic mass is 16.7. The molecule has 1 aromatic carbocycles. The molecule has 1 aromatic rings. The van der Waals surface area contributed by atoms with Crippen LogP contribution in [0.25, 0.3) is 0 Å². The van der Waals surface area contributed by atoms with Crippen molar-refractivity contribution in [3.63, 3.8) is 0 Å². The van der Waals surface area contributed by atoms with Crippen molar-refractivity contribution < 1.29 is 28.8 Å². The summed E-state index contributed by atoms with van der Waals surface area (Å²) >= 11 is 0. The van der Waals surface area contributed by atoms with Gasteiger partial charge >= 0.3 is 6.09 Å². The van der Waals surface area contributed by atoms with Crippen LogP contribution in [0.15, 0.2) is 30.3 Å². The van der Waals surface area contributed by atoms with Crippen molar-refractivity contribution in [1.82, 2.24) is 10.4 Å². The number of carbonyl (C=O) groups is 4. The first-order chi connectivity index (χ1) is 14.0. The van der Waals surface area contributed by atoms with Gasteiger partial charge in [-0.1, -0.05) is 44.2 Å². The molecule has 1 aliphatic rings. The van der Waals surface area contributed by atoms with Gasteiger partial charge in [0, 0.05) is 6.42 Å². The Morgan fingerprint density at radius 1 is 1.17 bits per heavy atom. The molecule has 0 radical (unpaired) electrons. The zero-order valence-corrected chi connectivity index (χ0v) is 18.1. The van der Waals surface area contributed by atoms with E-state index in [0.717, 1.165) is 5.56 Å². The number of hydroxylamine groups is 2. The Morgan fingerprint density at radius 2 is 1.80 bits per heavy atom. The van der Waals surface area contributed by atoms with Crippen LogP contribution >= 0.6 is 0 Å². The van der Waals surface area contributed by atoms with Crippen molar-refractivity contribution in [2.24, 2.45) is 11.8 Å². The van der Waals surface area contributed by atoms with Crippen LogP contribution in [0.1, 0.15) is 53.0 Å². The van der Waals surface area contributed by atoms with E-state index in [1.54, 1.807) is 32.9 Å². The fourth-order valence-corrected chi connectivity index (χ4v) is 3.09. The molecular weight excluding hydrogens is 388 g/mol. The lowest BCUT2D eigenvalue weighted by Crippen LogP contribution is -2.47. The molecule has 0 spiro atoms. The van der Waals surface area contributed by atoms with E-state index in [1.165, 1.54) is 0 Å². The van der Waals surface area contributed by atoms with Gasteiger partial charge in [0.1, 0.15) is 18.1 Å². The van der Waals surface area contributed by atoms with Gasteiger partial charge in [0.05, 0.1) is 6.04 Å². The van der Waals surface area contributed by atoms with Crippen LogP contribution in [0, 0.1) is 11.8 Å². The zero-order valence-electron chi connectivity index (χ0n) is 18.1. The molecule has 1 aliphatic heterocycles. The molecule has 0 aromatic heterocycles. The molecule has 1 N–H and O–H groups in total. The number of nitrogens with zero attached hydrogens (tertiary/aromatic N) is 1. The Hall–Kier alpha value is -2.74. The Balaban J connectivity index is 2.06. The minimum atomic E-state index is -1.19. The van der Waals surface area contributed by atoms with E-state index >= 15 is 0 Å². The van der Waals surface area contributed by atoms with E-state index in [9.17, 15) is 19.2 Å². The van der Waals surface area contributed by atoms with Crippen molar-refractivity contribution >= 4 is 23.7 Å². The third-order valence-electron chi connectivity index (χ3n) is 4.39. The normalized spacial score (nSPS) is 17.9. The van der Waals surface area contributed by atoms with Crippen LogP contribution < -0.4 is 5.32 Å². The minimum Gasteiger partial charge on any atom is -0.444 e. The van der Waals surface area contributed by atoms with Gasteiger partial charge < -0.3 is 10.1 Å². The summed E-state index contributed by atoms with van der Waals surface area (Å²) in [4.78, 5) is 55.6. The van der Waals surface area contributed by atoms with Gasteiger partial charge in [0.25, 0.3) is 11.8 Å². The van der Waals surface area contributed by atoms with Crippen LogP contribution in [0.2, 0.25) is 0 Å². The van der Waals surface area contributed by atoms with Crippen molar-refractivity contribution in [3.05, 3.63) is 35.9 Å². The number of imide groups is 1. The van der Waals surface area contributed by atoms with Gasteiger partial charge in [-0.15, -0.1) is 0 Å². The third-order valence-corrected chi connectivity index (χ3v) is 4.39. The van der Waals surface area contributed by atoms with Crippen LogP contribution in [-0.2, 0) is 30.6 Å². The van der Waals surface area contributed by atoms with Gasteiger partial charge in [-0.25, -0.2) is 4.79 Å². The van der Waals surface area contributed by atoms with E-state index in [2.05, 4.69) is 5.32 Å². The molecule has 0 bridgehead atoms. The maximum absolute atomic E-state index is 13.0. The lowest BCUT2D eigenvalue weighted by atomic mass is 9.91. The Kier molecular flexibility index (Phi) is 7.72. The smallest absolute Gasteiger partial charge is 0.408 e. The number of ether oxygens (including phenoxy) is 1. The Labute approximate surface area is 176 Å². The quantitative estimate of drug-likeness (QED) is 0.514. The lowest BCUT2D eigenvalue weighted by Gasteiger charge is -2.25. The molecule has 30 heavy (non-hydrogen) atoms. The van der Waals surface area contributed by atoms with Crippen molar-refractivity contribution in [2.75, 3.05) is 0 Å². The second-order valence-corrected chi connectivity index (χ2v) is 8.77. The second-order valence-electron chi connectivity index (χ2n) is 8.77. The average molecular weight is 418 g/mol. The number of benzene rings is 1. The molecule has 1 heterocycles. The fourth-order valence-electron chi connectivity index (χ4n) is 3.09. The number of amides is 3. The molecule has 2 rings (SSSR count). The average Bonchev–Trinajstić information content (AvgIpc) is 2.91. The molecule has 1 fully saturated rings. The maximum Gasteiger partial charge on any atom is 0.408 e. The first-order valence-corrected chi connectivity index (χ1v) is 10.0. The summed E-state index contributed by atoms with van der Waals surface area (Å²) in [5.74, 6) is -2.91. The molecule has 8 heteroatoms. The summed E-state index contributed by atoms with van der Waals surface area (Å²) in [5, 5.41) is 3.22. The molecule has 3 amide bonds. The highest BCUT2D eigenvalue weighted by Gasteiger charge is 2.46. The van der Waals surface area contributed by atoms with E-state index in [4.69, 9.17) is 9.57 Å². The lowest BCUT2D eigenvalue weighted by molar-refractivity contribution is -0.192. The molecular formula is C22H30N2O6. The van der Waals surface area contributed by atoms with E-state index < -0.39 is 41.3 Å². The number of alkyl carbamates (subject to hydrolysis) is 1. The molecule has 0 saturated carbocycles. The standard InChI is InChI=1S/C22H30N2O6/c1-14(2)11-17(23-21(28)30-22(3,4)5)19(26)16-12-18(25)24(20(16)27)29-13-15-9-7-6-8-10-15/h6-10,14,16-17H,11-13H2,1-5H3,(H,23,28)/t16-,17+/m1/s1. The van der Waals surface area contributed by atoms with E-state index in [1.807, 2.05) is 32.0 Å². The van der Waals surface area contributed by atoms with E-state index in [0.29, 0.717) is 11.5 Å². The number of Topliss-reactive ketones (excluding diaryl/α,β-unsaturated/α-hetero) is 1. The van der Waals surface area contributed by atoms with Crippen molar-refractivity contribution in [2.45, 2.75) is 65.7 Å². The van der Waals surface area contributed by atoms with Gasteiger partial charge in [0.2, 0.25) is 0 Å². The summed E-state index contributed by atoms with van der Waals surface area (Å²) in [6.45, 7) is 8.97. The second kappa shape index (κ2) is 9.84. The predicted molar refractivity (Wildman–Crippen MR) is 109 cm³/mol. The first-order valence-electron chi connectivity index (χ1n) is 10.0. The first kappa shape index (κ1) is 23.5. The summed E-state index contributed by atoms with van der Waals surface area (Å²) < 4.78 is 5.23. The largest absolute Gasteiger partial charge is 0.444 e. The highest BCUT2D eigenvalue weighted by molar-refractivity contribution is 6.14. The van der Waals surface area contributed by atoms with Crippen molar-refractivity contribution in [3.8, 4) is 0 Å². The minimum absolute atomic E-state index is 0.0326. The Morgan fingerprint density at radius 3 is 2.37 bits per heavy atom. The molecule has 164 valence electrons. The molecule has 1 saturated heterocycles. The van der Waals surface area contributed by atoms with Crippen LogP contribution in [0.5, 0.6) is 0 Å². The van der Waals surface area contributed by atoms with Gasteiger partial charge in [-0.2, -0.15) is 5.06 Å². The number of hydrogen-bond donors (Lipinski definition) is 1. The van der Waals surface area contributed by atoms with Gasteiger partial charge in [0.15, 0.2) is 5.78 Å². The van der Waals surface area contributed by atoms with Crippen LogP contribution in [-0.4, -0.2) is 40.4 Å². The van der Waals surface area contributed by atoms with Crippen LogP contribution in [0.4, 0.5) is 4.79 Å². The molecule has 2 atom stereocenters. The monoisotopic (exact) mass is 418 g/mol. The zero-order chi connectivity index (χ0) is 22.5. The summed E-state index contributed by atoms with van der Waals surface area (Å²) in [5.41, 5.74) is 0.0636. The topological polar surface area (TPSA) is 102 Å². The van der Waals surface area contributed by atoms with Crippen LogP contribution in [0.3, 0.4) is 0 Å². The number of carbonyl (C=O) groups excluding carboxylic acids is 4. The molecule has 0 unspecified atom stereocenters. The molecule has 8 nitrogen and oxygen atoms in total. The number of hydrogen-bond acceptors (Lipinski definition) is 6. The molecule has 0 aliphatic carbocycles. The summed E-state index contributed by atoms with van der Waals surface area (Å²) in [7, 11) is 0. The van der Waals surface area contributed by atoms with Crippen molar-refractivity contribution in [1.29, 1.82) is 0 Å². The fraction of sp³-hybridized carbons (Fsp3) is 0.545.